The van der Waals surface area contributed by atoms with Gasteiger partial charge in [-0.25, -0.2) is 0 Å². The first kappa shape index (κ1) is 10.6. The van der Waals surface area contributed by atoms with Crippen molar-refractivity contribution in [3.8, 4) is 0 Å². The molecule has 2 rings (SSSR count). The number of likely N-dealkylation sites (tertiary alicyclic amines) is 2. The monoisotopic (exact) mass is 210 g/mol. The normalized spacial score (nSPS) is 28.9. The summed E-state index contributed by atoms with van der Waals surface area (Å²) in [6, 6.07) is 0. The maximum Gasteiger partial charge on any atom is 0.230 e. The second kappa shape index (κ2) is 4.31. The summed E-state index contributed by atoms with van der Waals surface area (Å²) in [6.07, 6.45) is 3.25. The minimum absolute atomic E-state index is 0.00164. The number of carbonyl (C=O) groups is 2. The van der Waals surface area contributed by atoms with Crippen molar-refractivity contribution in [1.82, 2.24) is 9.80 Å². The van der Waals surface area contributed by atoms with Gasteiger partial charge in [0.05, 0.1) is 6.67 Å². The molecule has 4 heteroatoms. The predicted octanol–water partition coefficient (Wildman–Crippen LogP) is 0.825. The third-order valence-electron chi connectivity index (χ3n) is 3.24. The van der Waals surface area contributed by atoms with E-state index in [4.69, 9.17) is 0 Å². The topological polar surface area (TPSA) is 40.6 Å². The molecule has 0 N–H and O–H groups in total. The maximum absolute atomic E-state index is 11.4. The molecule has 2 aliphatic rings. The lowest BCUT2D eigenvalue weighted by molar-refractivity contribution is -0.141. The van der Waals surface area contributed by atoms with Crippen molar-refractivity contribution in [3.05, 3.63) is 0 Å². The van der Waals surface area contributed by atoms with Crippen LogP contribution in [0.5, 0.6) is 0 Å². The number of piperidine rings is 1. The highest BCUT2D eigenvalue weighted by Crippen LogP contribution is 2.18. The van der Waals surface area contributed by atoms with Gasteiger partial charge >= 0.3 is 0 Å². The van der Waals surface area contributed by atoms with Crippen LogP contribution in [0.25, 0.3) is 0 Å². The van der Waals surface area contributed by atoms with Gasteiger partial charge < -0.3 is 0 Å². The van der Waals surface area contributed by atoms with Gasteiger partial charge in [0.25, 0.3) is 0 Å². The number of amides is 2. The first-order chi connectivity index (χ1) is 7.16. The Morgan fingerprint density at radius 2 is 1.93 bits per heavy atom. The Morgan fingerprint density at radius 3 is 2.53 bits per heavy atom. The highest BCUT2D eigenvalue weighted by molar-refractivity contribution is 6.01. The summed E-state index contributed by atoms with van der Waals surface area (Å²) >= 11 is 0. The third kappa shape index (κ3) is 2.37. The van der Waals surface area contributed by atoms with E-state index in [9.17, 15) is 9.59 Å². The molecule has 2 fully saturated rings. The molecule has 0 aromatic rings. The van der Waals surface area contributed by atoms with Crippen molar-refractivity contribution in [2.75, 3.05) is 19.8 Å². The van der Waals surface area contributed by atoms with Crippen LogP contribution in [0.1, 0.15) is 32.6 Å². The maximum atomic E-state index is 11.4. The molecule has 0 radical (unpaired) electrons. The van der Waals surface area contributed by atoms with Crippen molar-refractivity contribution in [1.29, 1.82) is 0 Å². The van der Waals surface area contributed by atoms with Crippen LogP contribution in [0.3, 0.4) is 0 Å². The van der Waals surface area contributed by atoms with Gasteiger partial charge in [-0.1, -0.05) is 6.92 Å². The zero-order chi connectivity index (χ0) is 10.8. The molecule has 2 saturated heterocycles. The summed E-state index contributed by atoms with van der Waals surface area (Å²) in [5.41, 5.74) is 0. The van der Waals surface area contributed by atoms with Gasteiger partial charge in [-0.15, -0.1) is 0 Å². The van der Waals surface area contributed by atoms with Crippen molar-refractivity contribution in [2.24, 2.45) is 5.92 Å². The van der Waals surface area contributed by atoms with Crippen molar-refractivity contribution < 1.29 is 9.59 Å². The minimum Gasteiger partial charge on any atom is -0.285 e. The molecule has 2 heterocycles. The van der Waals surface area contributed by atoms with Crippen LogP contribution >= 0.6 is 0 Å². The summed E-state index contributed by atoms with van der Waals surface area (Å²) < 4.78 is 0. The van der Waals surface area contributed by atoms with E-state index in [1.807, 2.05) is 0 Å². The standard InChI is InChI=1S/C11H18N2O2/c1-9-3-2-6-12(7-9)8-13-10(14)4-5-11(13)15/h9H,2-8H2,1H3/t9-/m1/s1. The molecule has 0 bridgehead atoms. The lowest BCUT2D eigenvalue weighted by Crippen LogP contribution is -2.44. The molecule has 0 aliphatic carbocycles. The van der Waals surface area contributed by atoms with Gasteiger partial charge in [-0.05, 0) is 25.3 Å². The zero-order valence-corrected chi connectivity index (χ0v) is 9.24. The molecule has 0 aromatic carbocycles. The molecule has 1 atom stereocenters. The Balaban J connectivity index is 1.90. The molecule has 84 valence electrons. The first-order valence-corrected chi connectivity index (χ1v) is 5.72. The average molecular weight is 210 g/mol. The lowest BCUT2D eigenvalue weighted by Gasteiger charge is -2.33. The second-order valence-electron chi connectivity index (χ2n) is 4.68. The van der Waals surface area contributed by atoms with Crippen LogP contribution in [-0.2, 0) is 9.59 Å². The van der Waals surface area contributed by atoms with Crippen LogP contribution in [0.2, 0.25) is 0 Å². The number of hydrogen-bond acceptors (Lipinski definition) is 3. The Hall–Kier alpha value is -0.900. The minimum atomic E-state index is -0.00164. The van der Waals surface area contributed by atoms with Gasteiger partial charge in [-0.2, -0.15) is 0 Å². The lowest BCUT2D eigenvalue weighted by atomic mass is 10.0. The summed E-state index contributed by atoms with van der Waals surface area (Å²) in [7, 11) is 0. The van der Waals surface area contributed by atoms with Gasteiger partial charge in [0.15, 0.2) is 0 Å². The SMILES string of the molecule is C[C@@H]1CCCN(CN2C(=O)CCC2=O)C1. The number of carbonyl (C=O) groups excluding carboxylic acids is 2. The second-order valence-corrected chi connectivity index (χ2v) is 4.68. The predicted molar refractivity (Wildman–Crippen MR) is 55.9 cm³/mol. The van der Waals surface area contributed by atoms with Crippen molar-refractivity contribution >= 4 is 11.8 Å². The fraction of sp³-hybridized carbons (Fsp3) is 0.818. The summed E-state index contributed by atoms with van der Waals surface area (Å²) in [5, 5.41) is 0. The Morgan fingerprint density at radius 1 is 1.27 bits per heavy atom. The molecule has 2 aliphatic heterocycles. The number of imide groups is 1. The highest BCUT2D eigenvalue weighted by atomic mass is 16.2. The molecular weight excluding hydrogens is 192 g/mol. The highest BCUT2D eigenvalue weighted by Gasteiger charge is 2.30. The average Bonchev–Trinajstić information content (AvgIpc) is 2.50. The van der Waals surface area contributed by atoms with Crippen molar-refractivity contribution in [2.45, 2.75) is 32.6 Å². The Kier molecular flexibility index (Phi) is 3.05. The molecule has 4 nitrogen and oxygen atoms in total. The van der Waals surface area contributed by atoms with E-state index in [1.165, 1.54) is 17.7 Å². The van der Waals surface area contributed by atoms with Crippen LogP contribution in [0.15, 0.2) is 0 Å². The number of rotatable bonds is 2. The fourth-order valence-electron chi connectivity index (χ4n) is 2.40. The van der Waals surface area contributed by atoms with E-state index in [1.54, 1.807) is 0 Å². The fourth-order valence-corrected chi connectivity index (χ4v) is 2.40. The van der Waals surface area contributed by atoms with Gasteiger partial charge in [0.1, 0.15) is 0 Å². The molecule has 15 heavy (non-hydrogen) atoms. The van der Waals surface area contributed by atoms with E-state index in [-0.39, 0.29) is 11.8 Å². The van der Waals surface area contributed by atoms with Crippen LogP contribution < -0.4 is 0 Å². The Bertz CT molecular complexity index is 262. The van der Waals surface area contributed by atoms with Crippen molar-refractivity contribution in [3.63, 3.8) is 0 Å². The summed E-state index contributed by atoms with van der Waals surface area (Å²) in [5.74, 6) is 0.683. The molecule has 0 saturated carbocycles. The van der Waals surface area contributed by atoms with E-state index in [0.29, 0.717) is 25.4 Å². The van der Waals surface area contributed by atoms with Gasteiger partial charge in [0.2, 0.25) is 11.8 Å². The van der Waals surface area contributed by atoms with Crippen LogP contribution in [-0.4, -0.2) is 41.4 Å². The van der Waals surface area contributed by atoms with Crippen LogP contribution in [0, 0.1) is 5.92 Å². The Labute approximate surface area is 90.2 Å². The molecule has 0 spiro atoms. The van der Waals surface area contributed by atoms with Gasteiger partial charge in [-0.3, -0.25) is 19.4 Å². The summed E-state index contributed by atoms with van der Waals surface area (Å²) in [6.45, 7) is 4.76. The van der Waals surface area contributed by atoms with E-state index in [0.717, 1.165) is 13.1 Å². The third-order valence-corrected chi connectivity index (χ3v) is 3.24. The van der Waals surface area contributed by atoms with E-state index in [2.05, 4.69) is 11.8 Å². The smallest absolute Gasteiger partial charge is 0.230 e. The van der Waals surface area contributed by atoms with Crippen LogP contribution in [0.4, 0.5) is 0 Å². The molecule has 0 aromatic heterocycles. The zero-order valence-electron chi connectivity index (χ0n) is 9.24. The first-order valence-electron chi connectivity index (χ1n) is 5.72. The number of hydrogen-bond donors (Lipinski definition) is 0. The van der Waals surface area contributed by atoms with E-state index < -0.39 is 0 Å². The molecular formula is C11H18N2O2. The van der Waals surface area contributed by atoms with Gasteiger partial charge in [0, 0.05) is 19.4 Å². The molecule has 0 unspecified atom stereocenters. The quantitative estimate of drug-likeness (QED) is 0.634. The van der Waals surface area contributed by atoms with E-state index >= 15 is 0 Å². The number of nitrogens with zero attached hydrogens (tertiary/aromatic N) is 2. The largest absolute Gasteiger partial charge is 0.285 e. The summed E-state index contributed by atoms with van der Waals surface area (Å²) in [4.78, 5) is 26.5. The molecule has 2 amide bonds.